The number of halogens is 4. The summed E-state index contributed by atoms with van der Waals surface area (Å²) in [7, 11) is 0. The van der Waals surface area contributed by atoms with Crippen molar-refractivity contribution in [3.05, 3.63) is 264 Å². The lowest BCUT2D eigenvalue weighted by atomic mass is 10.1. The molecule has 4 nitrogen and oxygen atoms in total. The van der Waals surface area contributed by atoms with Crippen LogP contribution in [-0.2, 0) is 0 Å². The predicted molar refractivity (Wildman–Crippen MR) is 375 cm³/mol. The molecule has 18 rings (SSSR count). The number of aromatic nitrogens is 4. The molecule has 0 aliphatic heterocycles. The van der Waals surface area contributed by atoms with Gasteiger partial charge >= 0.3 is 0 Å². The van der Waals surface area contributed by atoms with Crippen LogP contribution in [0.15, 0.2) is 264 Å². The molecule has 6 heterocycles. The van der Waals surface area contributed by atoms with Gasteiger partial charge in [0.2, 0.25) is 0 Å². The Morgan fingerprint density at radius 2 is 0.500 bits per heavy atom. The van der Waals surface area contributed by atoms with E-state index in [2.05, 4.69) is 305 Å². The van der Waals surface area contributed by atoms with E-state index < -0.39 is 0 Å². The minimum atomic E-state index is 0. The number of fused-ring (bicyclic) bond motifs is 22. The van der Waals surface area contributed by atoms with Gasteiger partial charge in [0.05, 0.1) is 49.5 Å². The smallest absolute Gasteiger partial charge is 0.0967 e. The maximum absolute atomic E-state index is 4.76. The van der Waals surface area contributed by atoms with Crippen LogP contribution in [0.5, 0.6) is 0 Å². The maximum atomic E-state index is 4.76. The molecule has 6 aromatic heterocycles. The predicted octanol–water partition coefficient (Wildman–Crippen LogP) is 24.1. The highest BCUT2D eigenvalue weighted by atomic mass is 79.9. The van der Waals surface area contributed by atoms with Crippen molar-refractivity contribution < 1.29 is 0 Å². The number of benzene rings is 12. The lowest BCUT2D eigenvalue weighted by molar-refractivity contribution is 1.18. The minimum Gasteiger partial charge on any atom is -0.309 e. The van der Waals surface area contributed by atoms with E-state index in [1.54, 1.807) is 0 Å². The van der Waals surface area contributed by atoms with E-state index in [4.69, 9.17) is 23.2 Å². The van der Waals surface area contributed by atoms with Gasteiger partial charge in [0.15, 0.2) is 0 Å². The zero-order valence-electron chi connectivity index (χ0n) is 44.1. The lowest BCUT2D eigenvalue weighted by Crippen LogP contribution is -1.92. The van der Waals surface area contributed by atoms with Crippen LogP contribution < -0.4 is 0 Å². The second-order valence-electron chi connectivity index (χ2n) is 20.7. The van der Waals surface area contributed by atoms with Crippen molar-refractivity contribution in [1.29, 1.82) is 0 Å². The Balaban J connectivity index is 0.000000135. The fourth-order valence-electron chi connectivity index (χ4n) is 13.1. The van der Waals surface area contributed by atoms with E-state index in [0.717, 1.165) is 8.95 Å². The van der Waals surface area contributed by atoms with E-state index in [-0.39, 0.29) is 12.8 Å². The topological polar surface area (TPSA) is 19.7 Å². The molecule has 10 heteroatoms. The van der Waals surface area contributed by atoms with E-state index in [1.807, 2.05) is 22.7 Å². The number of nitrogens with zero attached hydrogens (tertiary/aromatic N) is 4. The third kappa shape index (κ3) is 8.10. The number of hydrogen-bond donors (Lipinski definition) is 0. The number of para-hydroxylation sites is 6. The molecule has 84 heavy (non-hydrogen) atoms. The Bertz CT molecular complexity index is 5240. The third-order valence-corrected chi connectivity index (χ3v) is 19.8. The average Bonchev–Trinajstić information content (AvgIpc) is 1.88. The SMILES string of the molecule is Brc1ccc2c(c1)c1c3sc4c(ccc5c4c4cc(Br)ccc4n5-c4ccccc4)c3ccc1n2-c1ccccc1.C.ClCCl.c1ccc(-n2c3ccccc3c3c4sc5c(ccc6c5c5ccccc5n6-c5ccccc5)c4ccc32)cc1. The van der Waals surface area contributed by atoms with Crippen molar-refractivity contribution in [3.63, 3.8) is 0 Å². The monoisotopic (exact) mass is 1280 g/mol. The summed E-state index contributed by atoms with van der Waals surface area (Å²) in [6, 6.07) is 92.3. The van der Waals surface area contributed by atoms with Crippen LogP contribution in [-0.4, -0.2) is 23.6 Å². The summed E-state index contributed by atoms with van der Waals surface area (Å²) in [5.74, 6) is 0. The van der Waals surface area contributed by atoms with Crippen molar-refractivity contribution in [3.8, 4) is 22.7 Å². The van der Waals surface area contributed by atoms with Gasteiger partial charge in [0.1, 0.15) is 0 Å². The van der Waals surface area contributed by atoms with E-state index in [1.165, 1.54) is 150 Å². The van der Waals surface area contributed by atoms with Crippen LogP contribution in [0.25, 0.3) is 150 Å². The molecular formula is C74H48Br2Cl2N4S2. The molecule has 0 atom stereocenters. The minimum absolute atomic E-state index is 0. The van der Waals surface area contributed by atoms with Crippen molar-refractivity contribution >= 4 is 205 Å². The van der Waals surface area contributed by atoms with Crippen LogP contribution in [0.1, 0.15) is 7.43 Å². The van der Waals surface area contributed by atoms with Gasteiger partial charge in [-0.3, -0.25) is 0 Å². The first-order chi connectivity index (χ1) is 41.0. The molecule has 0 unspecified atom stereocenters. The first-order valence-electron chi connectivity index (χ1n) is 27.3. The van der Waals surface area contributed by atoms with Gasteiger partial charge in [0, 0.05) is 115 Å². The molecular weight excluding hydrogens is 1240 g/mol. The first-order valence-corrected chi connectivity index (χ1v) is 31.6. The highest BCUT2D eigenvalue weighted by Gasteiger charge is 2.24. The molecule has 0 amide bonds. The Labute approximate surface area is 518 Å². The molecule has 12 aromatic carbocycles. The van der Waals surface area contributed by atoms with E-state index in [9.17, 15) is 0 Å². The second-order valence-corrected chi connectivity index (χ2v) is 25.4. The fraction of sp³-hybridized carbons (Fsp3) is 0.0270. The number of hydrogen-bond acceptors (Lipinski definition) is 2. The number of rotatable bonds is 4. The van der Waals surface area contributed by atoms with Gasteiger partial charge in [-0.2, -0.15) is 0 Å². The highest BCUT2D eigenvalue weighted by molar-refractivity contribution is 9.10. The van der Waals surface area contributed by atoms with Gasteiger partial charge in [-0.15, -0.1) is 45.9 Å². The highest BCUT2D eigenvalue weighted by Crippen LogP contribution is 2.50. The molecule has 0 saturated heterocycles. The molecule has 404 valence electrons. The van der Waals surface area contributed by atoms with Gasteiger partial charge in [-0.05, 0) is 121 Å². The Morgan fingerprint density at radius 3 is 0.798 bits per heavy atom. The Hall–Kier alpha value is -8.18. The van der Waals surface area contributed by atoms with Crippen molar-refractivity contribution in [1.82, 2.24) is 18.3 Å². The van der Waals surface area contributed by atoms with Gasteiger partial charge in [0.25, 0.3) is 0 Å². The van der Waals surface area contributed by atoms with Crippen LogP contribution >= 0.6 is 77.7 Å². The van der Waals surface area contributed by atoms with E-state index in [0.29, 0.717) is 0 Å². The summed E-state index contributed by atoms with van der Waals surface area (Å²) >= 11 is 20.9. The largest absolute Gasteiger partial charge is 0.309 e. The lowest BCUT2D eigenvalue weighted by Gasteiger charge is -2.07. The fourth-order valence-corrected chi connectivity index (χ4v) is 16.6. The number of alkyl halides is 2. The Morgan fingerprint density at radius 1 is 0.262 bits per heavy atom. The standard InChI is InChI=1S/C36H20Br2N2S.C36H22N2S.CH2Cl2.CH4/c37-21-11-15-29-27(19-21)33-31(39(29)23-7-3-1-4-8-23)17-13-25-26-14-18-32-34(36(26)41-35(25)33)28-20-22(38)12-16-30(28)40(32)24-9-5-2-6-10-24;1-3-11-23(12-4-1)37-29-17-9-7-15-27(29)33-31(37)21-19-25-26-20-22-32-34(36(26)39-35(25)33)28-16-8-10-18-30(28)38(32)24-13-5-2-6-14-24;2-1-3;/h1-20H;1-22H;1H2;1H4. The molecule has 0 fully saturated rings. The summed E-state index contributed by atoms with van der Waals surface area (Å²) in [5.41, 5.74) is 14.6. The van der Waals surface area contributed by atoms with Crippen molar-refractivity contribution in [2.24, 2.45) is 0 Å². The summed E-state index contributed by atoms with van der Waals surface area (Å²) in [5, 5.41) is 15.9. The molecule has 0 spiro atoms. The van der Waals surface area contributed by atoms with Crippen LogP contribution in [0, 0.1) is 0 Å². The molecule has 0 N–H and O–H groups in total. The Kier molecular flexibility index (Phi) is 13.3. The molecule has 0 radical (unpaired) electrons. The average molecular weight is 1290 g/mol. The summed E-state index contributed by atoms with van der Waals surface area (Å²) in [6.45, 7) is 0. The van der Waals surface area contributed by atoms with Crippen LogP contribution in [0.3, 0.4) is 0 Å². The quantitative estimate of drug-likeness (QED) is 0.157. The molecule has 0 bridgehead atoms. The van der Waals surface area contributed by atoms with Gasteiger partial charge in [-0.1, -0.05) is 173 Å². The van der Waals surface area contributed by atoms with Crippen LogP contribution in [0.2, 0.25) is 0 Å². The second kappa shape index (κ2) is 21.2. The normalized spacial score (nSPS) is 11.8. The molecule has 0 saturated carbocycles. The molecule has 0 aliphatic rings. The summed E-state index contributed by atoms with van der Waals surface area (Å²) in [4.78, 5) is 0. The zero-order chi connectivity index (χ0) is 55.4. The number of thiophene rings is 2. The third-order valence-electron chi connectivity index (χ3n) is 16.3. The van der Waals surface area contributed by atoms with Crippen molar-refractivity contribution in [2.75, 3.05) is 5.34 Å². The summed E-state index contributed by atoms with van der Waals surface area (Å²) < 4.78 is 17.2. The zero-order valence-corrected chi connectivity index (χ0v) is 50.4. The van der Waals surface area contributed by atoms with Gasteiger partial charge < -0.3 is 18.3 Å². The molecule has 18 aromatic rings. The first kappa shape index (κ1) is 52.6. The van der Waals surface area contributed by atoms with Crippen molar-refractivity contribution in [2.45, 2.75) is 7.43 Å². The molecule has 0 aliphatic carbocycles. The van der Waals surface area contributed by atoms with Crippen LogP contribution in [0.4, 0.5) is 0 Å². The van der Waals surface area contributed by atoms with Gasteiger partial charge in [-0.25, -0.2) is 0 Å². The van der Waals surface area contributed by atoms with E-state index >= 15 is 0 Å². The summed E-state index contributed by atoms with van der Waals surface area (Å²) in [6.07, 6.45) is 0. The maximum Gasteiger partial charge on any atom is 0.0967 e.